The first-order valence-electron chi connectivity index (χ1n) is 9.65. The van der Waals surface area contributed by atoms with Gasteiger partial charge in [-0.2, -0.15) is 13.2 Å². The summed E-state index contributed by atoms with van der Waals surface area (Å²) in [4.78, 5) is 16.9. The van der Waals surface area contributed by atoms with Crippen LogP contribution in [0.1, 0.15) is 24.5 Å². The Morgan fingerprint density at radius 2 is 1.89 bits per heavy atom. The molecule has 0 saturated carbocycles. The molecule has 0 aliphatic carbocycles. The van der Waals surface area contributed by atoms with Crippen molar-refractivity contribution in [1.29, 1.82) is 0 Å². The Morgan fingerprint density at radius 3 is 2.50 bits per heavy atom. The van der Waals surface area contributed by atoms with E-state index >= 15 is 0 Å². The number of nitrogens with one attached hydrogen (secondary N) is 1. The molecule has 0 radical (unpaired) electrons. The summed E-state index contributed by atoms with van der Waals surface area (Å²) in [5.74, 6) is -0.0269. The Kier molecular flexibility index (Phi) is 8.27. The van der Waals surface area contributed by atoms with Gasteiger partial charge in [-0.3, -0.25) is 9.69 Å². The molecule has 1 aromatic rings. The number of hydrogen-bond donors (Lipinski definition) is 1. The number of anilines is 1. The number of ether oxygens (including phenoxy) is 1. The molecule has 1 atom stereocenters. The normalized spacial score (nSPS) is 17.5. The maximum atomic E-state index is 12.6. The van der Waals surface area contributed by atoms with E-state index in [2.05, 4.69) is 19.9 Å². The summed E-state index contributed by atoms with van der Waals surface area (Å²) in [7, 11) is 0. The molecule has 1 unspecified atom stereocenters. The number of amides is 1. The highest BCUT2D eigenvalue weighted by Gasteiger charge is 2.28. The van der Waals surface area contributed by atoms with Gasteiger partial charge in [-0.25, -0.2) is 0 Å². The minimum atomic E-state index is -4.26. The summed E-state index contributed by atoms with van der Waals surface area (Å²) in [6.07, 6.45) is -3.70. The second kappa shape index (κ2) is 10.2. The highest BCUT2D eigenvalue weighted by atomic mass is 19.4. The van der Waals surface area contributed by atoms with E-state index in [0.29, 0.717) is 13.0 Å². The molecule has 1 fully saturated rings. The number of hydrogen-bond acceptors (Lipinski definition) is 4. The summed E-state index contributed by atoms with van der Waals surface area (Å²) in [6, 6.07) is 5.70. The minimum Gasteiger partial charge on any atom is -0.372 e. The lowest BCUT2D eigenvalue weighted by atomic mass is 10.1. The summed E-state index contributed by atoms with van der Waals surface area (Å²) in [6.45, 7) is 8.61. The third-order valence-electron chi connectivity index (χ3n) is 5.00. The number of carbonyl (C=O) groups is 1. The van der Waals surface area contributed by atoms with Crippen molar-refractivity contribution in [2.75, 3.05) is 51.3 Å². The molecular formula is C20H30F3N3O2. The van der Waals surface area contributed by atoms with E-state index in [4.69, 9.17) is 0 Å². The molecule has 2 rings (SSSR count). The van der Waals surface area contributed by atoms with Crippen LogP contribution in [0.5, 0.6) is 0 Å². The number of aryl methyl sites for hydroxylation is 2. The average Bonchev–Trinajstić information content (AvgIpc) is 2.62. The van der Waals surface area contributed by atoms with Crippen molar-refractivity contribution in [2.24, 2.45) is 0 Å². The van der Waals surface area contributed by atoms with E-state index in [-0.39, 0.29) is 18.6 Å². The Hall–Kier alpha value is -1.64. The standard InChI is InChI=1S/C20H30F3N3O2/c1-15-5-6-18(16(2)13-15)24-19(27)17(3)26-10-8-25(9-11-26)7-4-12-28-14-20(21,22)23/h5-6,13,17H,4,7-12,14H2,1-3H3,(H,24,27). The molecular weight excluding hydrogens is 371 g/mol. The number of nitrogens with zero attached hydrogens (tertiary/aromatic N) is 2. The van der Waals surface area contributed by atoms with Crippen molar-refractivity contribution >= 4 is 11.6 Å². The number of piperazine rings is 1. The predicted molar refractivity (Wildman–Crippen MR) is 104 cm³/mol. The van der Waals surface area contributed by atoms with E-state index in [9.17, 15) is 18.0 Å². The van der Waals surface area contributed by atoms with Crippen LogP contribution in [0.3, 0.4) is 0 Å². The van der Waals surface area contributed by atoms with E-state index in [1.165, 1.54) is 0 Å². The van der Waals surface area contributed by atoms with Crippen LogP contribution in [0.4, 0.5) is 18.9 Å². The molecule has 158 valence electrons. The molecule has 1 heterocycles. The molecule has 1 aromatic carbocycles. The first-order valence-corrected chi connectivity index (χ1v) is 9.65. The van der Waals surface area contributed by atoms with Crippen molar-refractivity contribution in [3.63, 3.8) is 0 Å². The Bertz CT molecular complexity index is 644. The number of rotatable bonds is 8. The van der Waals surface area contributed by atoms with Crippen LogP contribution in [0.25, 0.3) is 0 Å². The van der Waals surface area contributed by atoms with Gasteiger partial charge in [-0.15, -0.1) is 0 Å². The molecule has 1 amide bonds. The summed E-state index contributed by atoms with van der Waals surface area (Å²) >= 11 is 0. The maximum Gasteiger partial charge on any atom is 0.411 e. The van der Waals surface area contributed by atoms with E-state index in [1.807, 2.05) is 39.0 Å². The molecule has 0 aromatic heterocycles. The molecule has 1 aliphatic rings. The van der Waals surface area contributed by atoms with Crippen LogP contribution in [0, 0.1) is 13.8 Å². The second-order valence-electron chi connectivity index (χ2n) is 7.38. The highest BCUT2D eigenvalue weighted by molar-refractivity contribution is 5.95. The fourth-order valence-corrected chi connectivity index (χ4v) is 3.31. The smallest absolute Gasteiger partial charge is 0.372 e. The highest BCUT2D eigenvalue weighted by Crippen LogP contribution is 2.17. The van der Waals surface area contributed by atoms with Crippen LogP contribution in [0.2, 0.25) is 0 Å². The Labute approximate surface area is 164 Å². The number of alkyl halides is 3. The summed E-state index contributed by atoms with van der Waals surface area (Å²) < 4.78 is 40.7. The largest absolute Gasteiger partial charge is 0.411 e. The van der Waals surface area contributed by atoms with Crippen molar-refractivity contribution in [3.8, 4) is 0 Å². The number of halogens is 3. The average molecular weight is 401 g/mol. The monoisotopic (exact) mass is 401 g/mol. The van der Waals surface area contributed by atoms with E-state index in [1.54, 1.807) is 0 Å². The minimum absolute atomic E-state index is 0.0269. The van der Waals surface area contributed by atoms with Crippen LogP contribution in [0.15, 0.2) is 18.2 Å². The van der Waals surface area contributed by atoms with E-state index < -0.39 is 12.8 Å². The lowest BCUT2D eigenvalue weighted by Gasteiger charge is -2.37. The predicted octanol–water partition coefficient (Wildman–Crippen LogP) is 3.22. The van der Waals surface area contributed by atoms with Gasteiger partial charge in [-0.05, 0) is 38.8 Å². The second-order valence-corrected chi connectivity index (χ2v) is 7.38. The van der Waals surface area contributed by atoms with Gasteiger partial charge in [0.1, 0.15) is 6.61 Å². The van der Waals surface area contributed by atoms with Gasteiger partial charge in [0.05, 0.1) is 6.04 Å². The molecule has 5 nitrogen and oxygen atoms in total. The van der Waals surface area contributed by atoms with Crippen LogP contribution >= 0.6 is 0 Å². The molecule has 28 heavy (non-hydrogen) atoms. The maximum absolute atomic E-state index is 12.6. The van der Waals surface area contributed by atoms with Gasteiger partial charge in [0.2, 0.25) is 5.91 Å². The molecule has 1 N–H and O–H groups in total. The van der Waals surface area contributed by atoms with Crippen molar-refractivity contribution in [3.05, 3.63) is 29.3 Å². The molecule has 0 bridgehead atoms. The quantitative estimate of drug-likeness (QED) is 0.680. The first kappa shape index (κ1) is 22.6. The van der Waals surface area contributed by atoms with Crippen molar-refractivity contribution < 1.29 is 22.7 Å². The lowest BCUT2D eigenvalue weighted by Crippen LogP contribution is -2.52. The number of carbonyl (C=O) groups excluding carboxylic acids is 1. The first-order chi connectivity index (χ1) is 13.2. The van der Waals surface area contributed by atoms with Crippen LogP contribution < -0.4 is 5.32 Å². The Balaban J connectivity index is 1.69. The molecule has 1 aliphatic heterocycles. The number of benzene rings is 1. The van der Waals surface area contributed by atoms with Crippen LogP contribution in [-0.4, -0.2) is 73.9 Å². The van der Waals surface area contributed by atoms with Gasteiger partial charge in [-0.1, -0.05) is 17.7 Å². The molecule has 8 heteroatoms. The zero-order valence-corrected chi connectivity index (χ0v) is 16.8. The fraction of sp³-hybridized carbons (Fsp3) is 0.650. The lowest BCUT2D eigenvalue weighted by molar-refractivity contribution is -0.174. The van der Waals surface area contributed by atoms with Crippen molar-refractivity contribution in [2.45, 2.75) is 39.4 Å². The van der Waals surface area contributed by atoms with Crippen molar-refractivity contribution in [1.82, 2.24) is 9.80 Å². The van der Waals surface area contributed by atoms with E-state index in [0.717, 1.165) is 43.0 Å². The fourth-order valence-electron chi connectivity index (χ4n) is 3.31. The van der Waals surface area contributed by atoms with Gasteiger partial charge in [0.25, 0.3) is 0 Å². The zero-order valence-electron chi connectivity index (χ0n) is 16.8. The molecule has 0 spiro atoms. The SMILES string of the molecule is Cc1ccc(NC(=O)C(C)N2CCN(CCCOCC(F)(F)F)CC2)c(C)c1. The topological polar surface area (TPSA) is 44.8 Å². The third kappa shape index (κ3) is 7.41. The Morgan fingerprint density at radius 1 is 1.21 bits per heavy atom. The zero-order chi connectivity index (χ0) is 20.7. The third-order valence-corrected chi connectivity index (χ3v) is 5.00. The molecule has 1 saturated heterocycles. The van der Waals surface area contributed by atoms with Gasteiger partial charge in [0.15, 0.2) is 0 Å². The van der Waals surface area contributed by atoms with Crippen LogP contribution in [-0.2, 0) is 9.53 Å². The van der Waals surface area contributed by atoms with Gasteiger partial charge in [0, 0.05) is 45.0 Å². The van der Waals surface area contributed by atoms with Gasteiger partial charge >= 0.3 is 6.18 Å². The summed E-state index contributed by atoms with van der Waals surface area (Å²) in [5.41, 5.74) is 3.03. The summed E-state index contributed by atoms with van der Waals surface area (Å²) in [5, 5.41) is 3.00. The van der Waals surface area contributed by atoms with Gasteiger partial charge < -0.3 is 15.0 Å².